The molecule has 0 radical (unpaired) electrons. The van der Waals surface area contributed by atoms with Crippen LogP contribution < -0.4 is 10.8 Å². The molecule has 3 unspecified atom stereocenters. The number of carbonyl (C=O) groups is 1. The van der Waals surface area contributed by atoms with Gasteiger partial charge in [0.25, 0.3) is 0 Å². The van der Waals surface area contributed by atoms with Crippen molar-refractivity contribution in [2.45, 2.75) is 43.9 Å². The number of rotatable bonds is 4. The van der Waals surface area contributed by atoms with Crippen molar-refractivity contribution < 1.29 is 38.1 Å². The molecule has 2 aromatic rings. The number of aliphatic carboxylic acids is 1. The maximum atomic E-state index is 12.7. The highest BCUT2D eigenvalue weighted by Crippen LogP contribution is 2.49. The molecule has 30 heavy (non-hydrogen) atoms. The molecule has 4 heterocycles. The first-order chi connectivity index (χ1) is 14.1. The van der Waals surface area contributed by atoms with Crippen LogP contribution in [0.25, 0.3) is 11.2 Å². The van der Waals surface area contributed by atoms with E-state index in [1.807, 2.05) is 0 Å². The number of fused-ring (bicyclic) bond motifs is 2. The normalized spacial score (nSPS) is 35.5. The van der Waals surface area contributed by atoms with Gasteiger partial charge in [-0.05, 0) is 13.8 Å². The smallest absolute Gasteiger partial charge is 0.408 e. The van der Waals surface area contributed by atoms with E-state index in [-0.39, 0.29) is 12.4 Å². The Labute approximate surface area is 169 Å². The Morgan fingerprint density at radius 1 is 1.43 bits per heavy atom. The van der Waals surface area contributed by atoms with Gasteiger partial charge in [0.1, 0.15) is 35.7 Å². The molecule has 2 aliphatic rings. The predicted octanol–water partition coefficient (Wildman–Crippen LogP) is -0.383. The lowest BCUT2D eigenvalue weighted by Crippen LogP contribution is -2.47. The van der Waals surface area contributed by atoms with Crippen LogP contribution >= 0.6 is 7.75 Å². The highest BCUT2D eigenvalue weighted by Gasteiger charge is 2.56. The summed E-state index contributed by atoms with van der Waals surface area (Å²) < 4.78 is 36.2. The molecular weight excluding hydrogens is 423 g/mol. The number of nitrogens with zero attached hydrogens (tertiary/aromatic N) is 4. The SMILES string of the molecule is CC(NP1(=O)OCO[C@H]2[C@@H](CO1)O[C@@H](n1cnc3c(N)ncnc31)C2(C)O)C(=O)O. The number of anilines is 1. The molecule has 0 amide bonds. The number of imidazole rings is 1. The van der Waals surface area contributed by atoms with Crippen LogP contribution in [0.3, 0.4) is 0 Å². The van der Waals surface area contributed by atoms with Crippen LogP contribution in [0.15, 0.2) is 12.7 Å². The molecule has 0 aliphatic carbocycles. The predicted molar refractivity (Wildman–Crippen MR) is 98.9 cm³/mol. The Hall–Kier alpha value is -2.19. The van der Waals surface area contributed by atoms with Crippen molar-refractivity contribution in [3.05, 3.63) is 12.7 Å². The number of aromatic nitrogens is 4. The standard InChI is InChI=1S/C15H21N6O8P/c1-7(13(22)23)20-30(25)27-3-8-10(26-6-28-30)15(2,24)14(29-8)21-5-19-9-11(16)17-4-18-12(9)21/h4-5,7-8,10,14,24H,3,6H2,1-2H3,(H,20,25)(H,22,23)(H2,16,17,18)/t7?,8-,10+,14-,15?,30?/m1/s1. The van der Waals surface area contributed by atoms with Crippen LogP contribution in [0.1, 0.15) is 20.1 Å². The second-order valence-corrected chi connectivity index (χ2v) is 8.92. The Balaban J connectivity index is 1.58. The summed E-state index contributed by atoms with van der Waals surface area (Å²) in [6, 6.07) is -1.19. The van der Waals surface area contributed by atoms with Gasteiger partial charge in [-0.3, -0.25) is 18.4 Å². The van der Waals surface area contributed by atoms with E-state index in [2.05, 4.69) is 20.0 Å². The number of nitrogens with two attached hydrogens (primary N) is 1. The number of nitrogen functional groups attached to an aromatic ring is 1. The second kappa shape index (κ2) is 7.50. The molecule has 15 heteroatoms. The van der Waals surface area contributed by atoms with Gasteiger partial charge in [-0.25, -0.2) is 24.6 Å². The van der Waals surface area contributed by atoms with Gasteiger partial charge in [-0.15, -0.1) is 0 Å². The van der Waals surface area contributed by atoms with E-state index >= 15 is 0 Å². The number of carboxylic acids is 1. The molecule has 2 aromatic heterocycles. The third-order valence-electron chi connectivity index (χ3n) is 4.96. The molecule has 2 fully saturated rings. The molecule has 0 bridgehead atoms. The minimum absolute atomic E-state index is 0.176. The fourth-order valence-corrected chi connectivity index (χ4v) is 4.78. The van der Waals surface area contributed by atoms with Crippen LogP contribution in [0.4, 0.5) is 5.82 Å². The quantitative estimate of drug-likeness (QED) is 0.446. The summed E-state index contributed by atoms with van der Waals surface area (Å²) >= 11 is 0. The maximum absolute atomic E-state index is 12.7. The summed E-state index contributed by atoms with van der Waals surface area (Å²) in [7, 11) is -3.98. The van der Waals surface area contributed by atoms with Crippen LogP contribution in [0.2, 0.25) is 0 Å². The van der Waals surface area contributed by atoms with Crippen molar-refractivity contribution in [3.8, 4) is 0 Å². The van der Waals surface area contributed by atoms with Crippen LogP contribution in [0, 0.1) is 0 Å². The van der Waals surface area contributed by atoms with Crippen molar-refractivity contribution in [2.75, 3.05) is 19.1 Å². The highest BCUT2D eigenvalue weighted by molar-refractivity contribution is 7.51. The van der Waals surface area contributed by atoms with Gasteiger partial charge in [0.05, 0.1) is 12.9 Å². The first kappa shape index (κ1) is 21.1. The summed E-state index contributed by atoms with van der Waals surface area (Å²) in [6.45, 7) is 1.98. The van der Waals surface area contributed by atoms with E-state index in [9.17, 15) is 14.5 Å². The van der Waals surface area contributed by atoms with Crippen molar-refractivity contribution in [1.82, 2.24) is 24.6 Å². The largest absolute Gasteiger partial charge is 0.480 e. The monoisotopic (exact) mass is 444 g/mol. The summed E-state index contributed by atoms with van der Waals surface area (Å²) in [5, 5.41) is 22.5. The van der Waals surface area contributed by atoms with Crippen LogP contribution in [-0.4, -0.2) is 73.0 Å². The highest BCUT2D eigenvalue weighted by atomic mass is 31.2. The van der Waals surface area contributed by atoms with Gasteiger partial charge >= 0.3 is 13.7 Å². The van der Waals surface area contributed by atoms with Gasteiger partial charge in [0.2, 0.25) is 0 Å². The molecule has 4 rings (SSSR count). The number of carboxylic acid groups (broad SMARTS) is 1. The van der Waals surface area contributed by atoms with E-state index in [4.69, 9.17) is 29.4 Å². The number of hydrogen-bond donors (Lipinski definition) is 4. The zero-order chi connectivity index (χ0) is 21.7. The Morgan fingerprint density at radius 2 is 2.20 bits per heavy atom. The molecule has 6 atom stereocenters. The zero-order valence-corrected chi connectivity index (χ0v) is 16.9. The molecule has 0 spiro atoms. The number of aliphatic hydroxyl groups is 1. The minimum atomic E-state index is -3.98. The average Bonchev–Trinajstić information content (AvgIpc) is 3.18. The zero-order valence-electron chi connectivity index (χ0n) is 16.0. The summed E-state index contributed by atoms with van der Waals surface area (Å²) in [5.41, 5.74) is 4.93. The minimum Gasteiger partial charge on any atom is -0.480 e. The molecule has 5 N–H and O–H groups in total. The van der Waals surface area contributed by atoms with Crippen LogP contribution in [0.5, 0.6) is 0 Å². The lowest BCUT2D eigenvalue weighted by Gasteiger charge is -2.32. The number of nitrogens with one attached hydrogen (secondary N) is 1. The summed E-state index contributed by atoms with van der Waals surface area (Å²) in [5.74, 6) is -1.05. The fraction of sp³-hybridized carbons (Fsp3) is 0.600. The topological polar surface area (TPSA) is 193 Å². The second-order valence-electron chi connectivity index (χ2n) is 7.15. The first-order valence-electron chi connectivity index (χ1n) is 8.94. The van der Waals surface area contributed by atoms with Crippen molar-refractivity contribution in [3.63, 3.8) is 0 Å². The maximum Gasteiger partial charge on any atom is 0.408 e. The van der Waals surface area contributed by atoms with E-state index in [0.29, 0.717) is 11.2 Å². The van der Waals surface area contributed by atoms with Gasteiger partial charge < -0.3 is 25.4 Å². The molecule has 2 aliphatic heterocycles. The van der Waals surface area contributed by atoms with Crippen molar-refractivity contribution in [1.29, 1.82) is 0 Å². The van der Waals surface area contributed by atoms with E-state index in [0.717, 1.165) is 0 Å². The fourth-order valence-electron chi connectivity index (χ4n) is 3.43. The molecule has 0 saturated carbocycles. The Bertz CT molecular complexity index is 1010. The summed E-state index contributed by atoms with van der Waals surface area (Å²) in [4.78, 5) is 23.2. The van der Waals surface area contributed by atoms with E-state index in [1.165, 1.54) is 31.1 Å². The van der Waals surface area contributed by atoms with Gasteiger partial charge in [0.15, 0.2) is 24.5 Å². The van der Waals surface area contributed by atoms with E-state index < -0.39 is 50.6 Å². The molecule has 14 nitrogen and oxygen atoms in total. The lowest BCUT2D eigenvalue weighted by molar-refractivity contribution is -0.145. The average molecular weight is 444 g/mol. The first-order valence-corrected chi connectivity index (χ1v) is 10.5. The molecular formula is C15H21N6O8P. The molecule has 2 saturated heterocycles. The Kier molecular flexibility index (Phi) is 5.26. The number of hydrogen-bond acceptors (Lipinski definition) is 11. The van der Waals surface area contributed by atoms with Gasteiger partial charge in [0, 0.05) is 0 Å². The van der Waals surface area contributed by atoms with Crippen molar-refractivity contribution in [2.24, 2.45) is 0 Å². The van der Waals surface area contributed by atoms with Gasteiger partial charge in [-0.1, -0.05) is 0 Å². The third kappa shape index (κ3) is 3.56. The molecule has 164 valence electrons. The molecule has 0 aromatic carbocycles. The van der Waals surface area contributed by atoms with Crippen LogP contribution in [-0.2, 0) is 27.9 Å². The third-order valence-corrected chi connectivity index (χ3v) is 6.60. The lowest BCUT2D eigenvalue weighted by atomic mass is 9.96. The van der Waals surface area contributed by atoms with E-state index in [1.54, 1.807) is 0 Å². The van der Waals surface area contributed by atoms with Crippen molar-refractivity contribution >= 4 is 30.7 Å². The van der Waals surface area contributed by atoms with Gasteiger partial charge in [-0.2, -0.15) is 0 Å². The summed E-state index contributed by atoms with van der Waals surface area (Å²) in [6.07, 6.45) is -0.0714. The number of ether oxygens (including phenoxy) is 2. The Morgan fingerprint density at radius 3 is 2.93 bits per heavy atom.